The van der Waals surface area contributed by atoms with Crippen LogP contribution in [0.4, 0.5) is 0 Å². The zero-order valence-corrected chi connectivity index (χ0v) is 13.6. The van der Waals surface area contributed by atoms with Crippen molar-refractivity contribution in [3.05, 3.63) is 46.4 Å². The second-order valence-corrected chi connectivity index (χ2v) is 7.12. The molecule has 0 N–H and O–H groups in total. The van der Waals surface area contributed by atoms with Gasteiger partial charge in [0, 0.05) is 17.3 Å². The lowest BCUT2D eigenvalue weighted by Crippen LogP contribution is -1.97. The van der Waals surface area contributed by atoms with Crippen LogP contribution < -0.4 is 9.47 Å². The minimum atomic E-state index is -3.32. The molecule has 2 aromatic rings. The maximum absolute atomic E-state index is 11.5. The van der Waals surface area contributed by atoms with Gasteiger partial charge in [0.15, 0.2) is 21.3 Å². The van der Waals surface area contributed by atoms with Gasteiger partial charge in [0.25, 0.3) is 0 Å². The second-order valence-electron chi connectivity index (χ2n) is 4.26. The Morgan fingerprint density at radius 2 is 1.62 bits per heavy atom. The molecule has 0 heterocycles. The molecule has 2 rings (SSSR count). The first-order valence-electron chi connectivity index (χ1n) is 5.82. The van der Waals surface area contributed by atoms with E-state index in [-0.39, 0.29) is 9.92 Å². The van der Waals surface area contributed by atoms with Crippen LogP contribution in [-0.4, -0.2) is 21.8 Å². The third-order valence-corrected chi connectivity index (χ3v) is 4.32. The molecule has 0 aliphatic heterocycles. The third-order valence-electron chi connectivity index (χ3n) is 2.68. The van der Waals surface area contributed by atoms with Gasteiger partial charge in [-0.2, -0.15) is 0 Å². The van der Waals surface area contributed by atoms with Gasteiger partial charge in [-0.1, -0.05) is 23.2 Å². The molecule has 0 unspecified atom stereocenters. The molecule has 0 aliphatic rings. The number of benzene rings is 2. The summed E-state index contributed by atoms with van der Waals surface area (Å²) in [5.41, 5.74) is 0. The fourth-order valence-electron chi connectivity index (χ4n) is 1.64. The summed E-state index contributed by atoms with van der Waals surface area (Å²) in [7, 11) is -1.82. The molecule has 2 aromatic carbocycles. The number of hydrogen-bond donors (Lipinski definition) is 0. The molecule has 4 nitrogen and oxygen atoms in total. The van der Waals surface area contributed by atoms with Gasteiger partial charge in [0.05, 0.1) is 17.0 Å². The van der Waals surface area contributed by atoms with Crippen molar-refractivity contribution in [1.29, 1.82) is 0 Å². The van der Waals surface area contributed by atoms with Crippen LogP contribution in [0.25, 0.3) is 0 Å². The van der Waals surface area contributed by atoms with E-state index in [0.717, 1.165) is 6.26 Å². The van der Waals surface area contributed by atoms with E-state index >= 15 is 0 Å². The summed E-state index contributed by atoms with van der Waals surface area (Å²) in [6.07, 6.45) is 1.11. The van der Waals surface area contributed by atoms with E-state index < -0.39 is 9.84 Å². The van der Waals surface area contributed by atoms with Gasteiger partial charge in [-0.15, -0.1) is 0 Å². The predicted molar refractivity (Wildman–Crippen MR) is 82.6 cm³/mol. The summed E-state index contributed by atoms with van der Waals surface area (Å²) >= 11 is 12.0. The lowest BCUT2D eigenvalue weighted by Gasteiger charge is -2.12. The zero-order valence-electron chi connectivity index (χ0n) is 11.3. The minimum absolute atomic E-state index is 0.123. The van der Waals surface area contributed by atoms with Crippen LogP contribution in [0, 0.1) is 0 Å². The molecule has 0 saturated heterocycles. The topological polar surface area (TPSA) is 52.6 Å². The van der Waals surface area contributed by atoms with Crippen molar-refractivity contribution in [2.24, 2.45) is 0 Å². The molecule has 0 amide bonds. The highest BCUT2D eigenvalue weighted by Gasteiger charge is 2.13. The fraction of sp³-hybridized carbons (Fsp3) is 0.143. The average Bonchev–Trinajstić information content (AvgIpc) is 2.40. The Kier molecular flexibility index (Phi) is 4.66. The summed E-state index contributed by atoms with van der Waals surface area (Å²) < 4.78 is 33.7. The first kappa shape index (κ1) is 15.9. The maximum atomic E-state index is 11.5. The first-order valence-corrected chi connectivity index (χ1v) is 8.47. The molecule has 112 valence electrons. The summed E-state index contributed by atoms with van der Waals surface area (Å²) in [6.45, 7) is 0. The smallest absolute Gasteiger partial charge is 0.175 e. The van der Waals surface area contributed by atoms with Gasteiger partial charge in [-0.25, -0.2) is 8.42 Å². The Hall–Kier alpha value is -1.43. The van der Waals surface area contributed by atoms with E-state index in [9.17, 15) is 8.42 Å². The summed E-state index contributed by atoms with van der Waals surface area (Å²) in [6, 6.07) is 9.16. The number of hydrogen-bond acceptors (Lipinski definition) is 4. The molecular weight excluding hydrogens is 335 g/mol. The molecule has 0 fully saturated rings. The third kappa shape index (κ3) is 3.81. The normalized spacial score (nSPS) is 11.2. The largest absolute Gasteiger partial charge is 0.493 e. The van der Waals surface area contributed by atoms with E-state index in [1.165, 1.54) is 25.3 Å². The average molecular weight is 347 g/mol. The molecule has 0 atom stereocenters. The fourth-order valence-corrected chi connectivity index (χ4v) is 2.74. The maximum Gasteiger partial charge on any atom is 0.175 e. The first-order chi connectivity index (χ1) is 9.81. The van der Waals surface area contributed by atoms with E-state index in [1.807, 2.05) is 0 Å². The van der Waals surface area contributed by atoms with Crippen molar-refractivity contribution in [1.82, 2.24) is 0 Å². The van der Waals surface area contributed by atoms with Crippen LogP contribution in [0.5, 0.6) is 17.2 Å². The lowest BCUT2D eigenvalue weighted by atomic mass is 10.3. The van der Waals surface area contributed by atoms with Gasteiger partial charge in [-0.3, -0.25) is 0 Å². The van der Waals surface area contributed by atoms with Crippen molar-refractivity contribution in [2.45, 2.75) is 4.90 Å². The summed E-state index contributed by atoms with van der Waals surface area (Å²) in [4.78, 5) is 0.123. The van der Waals surface area contributed by atoms with Crippen molar-refractivity contribution in [3.8, 4) is 17.2 Å². The Bertz CT molecular complexity index is 773. The molecule has 0 bridgehead atoms. The predicted octanol–water partition coefficient (Wildman–Crippen LogP) is 4.20. The van der Waals surface area contributed by atoms with E-state index in [4.69, 9.17) is 32.7 Å². The van der Waals surface area contributed by atoms with E-state index in [0.29, 0.717) is 22.3 Å². The molecule has 0 saturated carbocycles. The highest BCUT2D eigenvalue weighted by molar-refractivity contribution is 7.90. The van der Waals surface area contributed by atoms with Crippen LogP contribution in [0.2, 0.25) is 10.0 Å². The van der Waals surface area contributed by atoms with Crippen molar-refractivity contribution >= 4 is 33.0 Å². The lowest BCUT2D eigenvalue weighted by molar-refractivity contribution is 0.379. The van der Waals surface area contributed by atoms with Crippen LogP contribution in [-0.2, 0) is 9.84 Å². The van der Waals surface area contributed by atoms with Gasteiger partial charge in [0.2, 0.25) is 0 Å². The number of ether oxygens (including phenoxy) is 2. The van der Waals surface area contributed by atoms with Crippen molar-refractivity contribution in [3.63, 3.8) is 0 Å². The van der Waals surface area contributed by atoms with Crippen LogP contribution in [0.3, 0.4) is 0 Å². The molecule has 0 aromatic heterocycles. The van der Waals surface area contributed by atoms with Crippen molar-refractivity contribution < 1.29 is 17.9 Å². The summed E-state index contributed by atoms with van der Waals surface area (Å²) in [5.74, 6) is 1.19. The van der Waals surface area contributed by atoms with Gasteiger partial charge >= 0.3 is 0 Å². The van der Waals surface area contributed by atoms with Crippen LogP contribution in [0.15, 0.2) is 41.3 Å². The van der Waals surface area contributed by atoms with Gasteiger partial charge in [-0.05, 0) is 30.3 Å². The molecular formula is C14H12Cl2O4S. The Morgan fingerprint density at radius 3 is 2.19 bits per heavy atom. The van der Waals surface area contributed by atoms with Gasteiger partial charge < -0.3 is 9.47 Å². The second kappa shape index (κ2) is 6.13. The highest BCUT2D eigenvalue weighted by atomic mass is 35.5. The number of sulfone groups is 1. The summed E-state index contributed by atoms with van der Waals surface area (Å²) in [5, 5.41) is 0.662. The minimum Gasteiger partial charge on any atom is -0.493 e. The molecule has 0 spiro atoms. The number of rotatable bonds is 4. The Balaban J connectivity index is 2.39. The standard InChI is InChI=1S/C14H12Cl2O4S/c1-19-13-5-3-9(15)7-14(13)20-12-6-4-10(8-11(12)16)21(2,17)18/h3-8H,1-2H3. The molecule has 0 radical (unpaired) electrons. The SMILES string of the molecule is COc1ccc(Cl)cc1Oc1ccc(S(C)(=O)=O)cc1Cl. The number of methoxy groups -OCH3 is 1. The number of halogens is 2. The van der Waals surface area contributed by atoms with Crippen molar-refractivity contribution in [2.75, 3.05) is 13.4 Å². The highest BCUT2D eigenvalue weighted by Crippen LogP contribution is 2.37. The van der Waals surface area contributed by atoms with Gasteiger partial charge in [0.1, 0.15) is 5.75 Å². The molecule has 7 heteroatoms. The zero-order chi connectivity index (χ0) is 15.6. The molecule has 21 heavy (non-hydrogen) atoms. The van der Waals surface area contributed by atoms with E-state index in [2.05, 4.69) is 0 Å². The Morgan fingerprint density at radius 1 is 0.952 bits per heavy atom. The molecule has 0 aliphatic carbocycles. The van der Waals surface area contributed by atoms with Crippen LogP contribution in [0.1, 0.15) is 0 Å². The Labute approximate surface area is 133 Å². The van der Waals surface area contributed by atoms with Crippen LogP contribution >= 0.6 is 23.2 Å². The van der Waals surface area contributed by atoms with E-state index in [1.54, 1.807) is 18.2 Å². The quantitative estimate of drug-likeness (QED) is 0.832. The monoisotopic (exact) mass is 346 g/mol.